The number of aromatic nitrogens is 4. The number of thiophene rings is 1. The summed E-state index contributed by atoms with van der Waals surface area (Å²) in [6.45, 7) is 0.198. The molecule has 6 nitrogen and oxygen atoms in total. The van der Waals surface area contributed by atoms with Gasteiger partial charge in [0.2, 0.25) is 5.89 Å². The highest BCUT2D eigenvalue weighted by Gasteiger charge is 2.11. The molecule has 0 bridgehead atoms. The highest BCUT2D eigenvalue weighted by atomic mass is 79.9. The number of rotatable bonds is 3. The molecule has 3 aromatic heterocycles. The number of hydrogen-bond donors (Lipinski definition) is 0. The molecule has 0 fully saturated rings. The van der Waals surface area contributed by atoms with E-state index in [9.17, 15) is 4.79 Å². The summed E-state index contributed by atoms with van der Waals surface area (Å²) < 4.78 is 7.31. The molecule has 0 aliphatic carbocycles. The molecule has 3 aromatic rings. The van der Waals surface area contributed by atoms with Crippen molar-refractivity contribution in [2.24, 2.45) is 0 Å². The second-order valence-electron chi connectivity index (χ2n) is 3.65. The third kappa shape index (κ3) is 2.49. The third-order valence-corrected chi connectivity index (χ3v) is 3.77. The molecule has 0 N–H and O–H groups in total. The minimum absolute atomic E-state index is 0.189. The van der Waals surface area contributed by atoms with E-state index in [1.807, 2.05) is 17.5 Å². The summed E-state index contributed by atoms with van der Waals surface area (Å²) in [5.74, 6) is 0.825. The average molecular weight is 339 g/mol. The molecule has 0 amide bonds. The topological polar surface area (TPSA) is 73.8 Å². The second-order valence-corrected chi connectivity index (χ2v) is 5.45. The predicted octanol–water partition coefficient (Wildman–Crippen LogP) is 2.17. The third-order valence-electron chi connectivity index (χ3n) is 2.36. The summed E-state index contributed by atoms with van der Waals surface area (Å²) in [4.78, 5) is 16.6. The largest absolute Gasteiger partial charge is 0.418 e. The van der Waals surface area contributed by atoms with Crippen LogP contribution in [0.15, 0.2) is 43.7 Å². The van der Waals surface area contributed by atoms with E-state index in [1.165, 1.54) is 28.4 Å². The van der Waals surface area contributed by atoms with Crippen molar-refractivity contribution in [2.45, 2.75) is 6.54 Å². The molecule has 0 saturated carbocycles. The molecule has 0 atom stereocenters. The molecule has 0 unspecified atom stereocenters. The van der Waals surface area contributed by atoms with E-state index < -0.39 is 0 Å². The van der Waals surface area contributed by atoms with Crippen LogP contribution >= 0.6 is 27.3 Å². The zero-order chi connectivity index (χ0) is 13.2. The minimum atomic E-state index is -0.189. The molecule has 0 aliphatic rings. The van der Waals surface area contributed by atoms with Gasteiger partial charge in [-0.15, -0.1) is 21.5 Å². The first-order valence-electron chi connectivity index (χ1n) is 5.30. The predicted molar refractivity (Wildman–Crippen MR) is 72.9 cm³/mol. The van der Waals surface area contributed by atoms with Crippen LogP contribution in [0.3, 0.4) is 0 Å². The molecule has 19 heavy (non-hydrogen) atoms. The molecule has 8 heteroatoms. The van der Waals surface area contributed by atoms with Crippen LogP contribution in [-0.2, 0) is 6.54 Å². The Morgan fingerprint density at radius 2 is 2.32 bits per heavy atom. The SMILES string of the molecule is O=c1c(Br)cncn1Cc1nnc(-c2cccs2)o1. The van der Waals surface area contributed by atoms with Crippen LogP contribution in [0, 0.1) is 0 Å². The Morgan fingerprint density at radius 1 is 1.42 bits per heavy atom. The molecular formula is C11H7BrN4O2S. The van der Waals surface area contributed by atoms with Crippen molar-refractivity contribution >= 4 is 27.3 Å². The normalized spacial score (nSPS) is 10.8. The van der Waals surface area contributed by atoms with Crippen molar-refractivity contribution in [3.8, 4) is 10.8 Å². The van der Waals surface area contributed by atoms with Gasteiger partial charge in [-0.3, -0.25) is 9.36 Å². The number of hydrogen-bond acceptors (Lipinski definition) is 6. The molecule has 0 aromatic carbocycles. The van der Waals surface area contributed by atoms with E-state index in [0.717, 1.165) is 4.88 Å². The monoisotopic (exact) mass is 338 g/mol. The van der Waals surface area contributed by atoms with Gasteiger partial charge in [0.15, 0.2) is 0 Å². The van der Waals surface area contributed by atoms with Crippen LogP contribution in [-0.4, -0.2) is 19.7 Å². The van der Waals surface area contributed by atoms with Gasteiger partial charge in [0.1, 0.15) is 11.0 Å². The average Bonchev–Trinajstić information content (AvgIpc) is 3.05. The van der Waals surface area contributed by atoms with Gasteiger partial charge in [0.25, 0.3) is 11.4 Å². The van der Waals surface area contributed by atoms with Gasteiger partial charge in [-0.25, -0.2) is 4.98 Å². The van der Waals surface area contributed by atoms with E-state index in [0.29, 0.717) is 16.3 Å². The smallest absolute Gasteiger partial charge is 0.268 e. The van der Waals surface area contributed by atoms with Crippen LogP contribution in [0.5, 0.6) is 0 Å². The van der Waals surface area contributed by atoms with E-state index >= 15 is 0 Å². The van der Waals surface area contributed by atoms with E-state index in [-0.39, 0.29) is 12.1 Å². The summed E-state index contributed by atoms with van der Waals surface area (Å²) in [6, 6.07) is 3.81. The fourth-order valence-corrected chi connectivity index (χ4v) is 2.49. The molecule has 0 aliphatic heterocycles. The van der Waals surface area contributed by atoms with Gasteiger partial charge in [-0.2, -0.15) is 0 Å². The maximum absolute atomic E-state index is 11.8. The molecule has 0 radical (unpaired) electrons. The fourth-order valence-electron chi connectivity index (χ4n) is 1.50. The Hall–Kier alpha value is -1.80. The Labute approximate surface area is 119 Å². The molecule has 3 heterocycles. The quantitative estimate of drug-likeness (QED) is 0.731. The summed E-state index contributed by atoms with van der Waals surface area (Å²) in [5, 5.41) is 9.81. The van der Waals surface area contributed by atoms with Crippen molar-refractivity contribution in [1.29, 1.82) is 0 Å². The van der Waals surface area contributed by atoms with Crippen LogP contribution in [0.4, 0.5) is 0 Å². The lowest BCUT2D eigenvalue weighted by molar-refractivity contribution is 0.483. The van der Waals surface area contributed by atoms with Gasteiger partial charge in [-0.05, 0) is 27.4 Å². The Bertz CT molecular complexity index is 750. The van der Waals surface area contributed by atoms with E-state index in [4.69, 9.17) is 4.42 Å². The van der Waals surface area contributed by atoms with Gasteiger partial charge >= 0.3 is 0 Å². The summed E-state index contributed by atoms with van der Waals surface area (Å²) in [7, 11) is 0. The Balaban J connectivity index is 1.88. The van der Waals surface area contributed by atoms with Crippen LogP contribution in [0.25, 0.3) is 10.8 Å². The van der Waals surface area contributed by atoms with Crippen LogP contribution < -0.4 is 5.56 Å². The van der Waals surface area contributed by atoms with Gasteiger partial charge < -0.3 is 4.42 Å². The molecule has 96 valence electrons. The lowest BCUT2D eigenvalue weighted by Gasteiger charge is -2.00. The lowest BCUT2D eigenvalue weighted by Crippen LogP contribution is -2.21. The highest BCUT2D eigenvalue weighted by molar-refractivity contribution is 9.10. The number of halogens is 1. The summed E-state index contributed by atoms with van der Waals surface area (Å²) in [5.41, 5.74) is -0.189. The Morgan fingerprint density at radius 3 is 3.11 bits per heavy atom. The molecule has 0 saturated heterocycles. The minimum Gasteiger partial charge on any atom is -0.418 e. The van der Waals surface area contributed by atoms with Gasteiger partial charge in [-0.1, -0.05) is 6.07 Å². The Kier molecular flexibility index (Phi) is 3.26. The van der Waals surface area contributed by atoms with Crippen molar-refractivity contribution < 1.29 is 4.42 Å². The first-order chi connectivity index (χ1) is 9.24. The lowest BCUT2D eigenvalue weighted by atomic mass is 10.5. The molecule has 3 rings (SSSR count). The van der Waals surface area contributed by atoms with Crippen LogP contribution in [0.2, 0.25) is 0 Å². The first kappa shape index (κ1) is 12.2. The zero-order valence-corrected chi connectivity index (χ0v) is 11.9. The highest BCUT2D eigenvalue weighted by Crippen LogP contribution is 2.22. The van der Waals surface area contributed by atoms with E-state index in [1.54, 1.807) is 0 Å². The van der Waals surface area contributed by atoms with Crippen molar-refractivity contribution in [3.05, 3.63) is 50.8 Å². The summed E-state index contributed by atoms with van der Waals surface area (Å²) >= 11 is 4.65. The van der Waals surface area contributed by atoms with Crippen molar-refractivity contribution in [3.63, 3.8) is 0 Å². The van der Waals surface area contributed by atoms with Gasteiger partial charge in [0.05, 0.1) is 11.2 Å². The van der Waals surface area contributed by atoms with Crippen molar-refractivity contribution in [2.75, 3.05) is 0 Å². The fraction of sp³-hybridized carbons (Fsp3) is 0.0909. The zero-order valence-electron chi connectivity index (χ0n) is 9.49. The van der Waals surface area contributed by atoms with Crippen LogP contribution in [0.1, 0.15) is 5.89 Å². The van der Waals surface area contributed by atoms with Crippen molar-refractivity contribution in [1.82, 2.24) is 19.7 Å². The standard InChI is InChI=1S/C11H7BrN4O2S/c12-7-4-13-6-16(11(7)17)5-9-14-15-10(18-9)8-2-1-3-19-8/h1-4,6H,5H2. The maximum Gasteiger partial charge on any atom is 0.268 e. The van der Waals surface area contributed by atoms with Gasteiger partial charge in [0, 0.05) is 6.20 Å². The summed E-state index contributed by atoms with van der Waals surface area (Å²) in [6.07, 6.45) is 2.88. The molecule has 0 spiro atoms. The number of nitrogens with zero attached hydrogens (tertiary/aromatic N) is 4. The maximum atomic E-state index is 11.8. The first-order valence-corrected chi connectivity index (χ1v) is 6.97. The van der Waals surface area contributed by atoms with E-state index in [2.05, 4.69) is 31.1 Å². The second kappa shape index (κ2) is 5.06. The molecular weight excluding hydrogens is 332 g/mol.